The number of aromatic nitrogens is 2. The molecule has 3 aromatic heterocycles. The first-order chi connectivity index (χ1) is 10.7. The molecule has 1 saturated carbocycles. The number of hydrogen-bond donors (Lipinski definition) is 1. The van der Waals surface area contributed by atoms with Crippen LogP contribution in [0, 0.1) is 13.8 Å². The summed E-state index contributed by atoms with van der Waals surface area (Å²) in [5.41, 5.74) is 4.74. The SMILES string of the molecule is Cc1cc(-c2csc(NC3CC3)n2)c(C)n1Cc1ccco1. The van der Waals surface area contributed by atoms with E-state index in [0.717, 1.165) is 23.1 Å². The first-order valence-electron chi connectivity index (χ1n) is 7.62. The Bertz CT molecular complexity index is 781. The van der Waals surface area contributed by atoms with Crippen LogP contribution in [0.4, 0.5) is 5.13 Å². The van der Waals surface area contributed by atoms with Crippen LogP contribution < -0.4 is 5.32 Å². The Balaban J connectivity index is 1.62. The number of anilines is 1. The van der Waals surface area contributed by atoms with Gasteiger partial charge in [-0.3, -0.25) is 0 Å². The second kappa shape index (κ2) is 5.32. The van der Waals surface area contributed by atoms with Crippen molar-refractivity contribution in [2.45, 2.75) is 39.3 Å². The van der Waals surface area contributed by atoms with Gasteiger partial charge in [-0.15, -0.1) is 11.3 Å². The maximum absolute atomic E-state index is 5.47. The molecule has 22 heavy (non-hydrogen) atoms. The smallest absolute Gasteiger partial charge is 0.183 e. The summed E-state index contributed by atoms with van der Waals surface area (Å²) >= 11 is 1.69. The Morgan fingerprint density at radius 1 is 1.41 bits per heavy atom. The van der Waals surface area contributed by atoms with Gasteiger partial charge in [-0.25, -0.2) is 4.98 Å². The molecule has 114 valence electrons. The van der Waals surface area contributed by atoms with E-state index in [1.54, 1.807) is 17.6 Å². The summed E-state index contributed by atoms with van der Waals surface area (Å²) in [6.45, 7) is 5.05. The Morgan fingerprint density at radius 3 is 3.00 bits per heavy atom. The molecule has 0 aromatic carbocycles. The van der Waals surface area contributed by atoms with Crippen molar-refractivity contribution in [3.8, 4) is 11.3 Å². The van der Waals surface area contributed by atoms with Crippen molar-refractivity contribution in [3.05, 3.63) is 47.0 Å². The van der Waals surface area contributed by atoms with Crippen LogP contribution in [0.2, 0.25) is 0 Å². The van der Waals surface area contributed by atoms with Crippen LogP contribution in [-0.2, 0) is 6.54 Å². The van der Waals surface area contributed by atoms with Crippen molar-refractivity contribution < 1.29 is 4.42 Å². The van der Waals surface area contributed by atoms with E-state index in [1.807, 2.05) is 12.1 Å². The van der Waals surface area contributed by atoms with Gasteiger partial charge in [0.05, 0.1) is 18.5 Å². The van der Waals surface area contributed by atoms with E-state index in [9.17, 15) is 0 Å². The van der Waals surface area contributed by atoms with Crippen LogP contribution in [0.5, 0.6) is 0 Å². The van der Waals surface area contributed by atoms with Crippen LogP contribution in [0.25, 0.3) is 11.3 Å². The Kier molecular flexibility index (Phi) is 3.30. The summed E-state index contributed by atoms with van der Waals surface area (Å²) in [4.78, 5) is 4.74. The average molecular weight is 313 g/mol. The van der Waals surface area contributed by atoms with Crippen molar-refractivity contribution in [1.82, 2.24) is 9.55 Å². The van der Waals surface area contributed by atoms with Crippen LogP contribution in [0.3, 0.4) is 0 Å². The van der Waals surface area contributed by atoms with Crippen molar-refractivity contribution in [1.29, 1.82) is 0 Å². The van der Waals surface area contributed by atoms with E-state index in [-0.39, 0.29) is 0 Å². The molecule has 0 saturated heterocycles. The molecule has 5 heteroatoms. The van der Waals surface area contributed by atoms with Crippen molar-refractivity contribution in [2.24, 2.45) is 0 Å². The number of rotatable bonds is 5. The highest BCUT2D eigenvalue weighted by Crippen LogP contribution is 2.32. The predicted molar refractivity (Wildman–Crippen MR) is 89.5 cm³/mol. The third kappa shape index (κ3) is 2.57. The normalized spacial score (nSPS) is 14.5. The lowest BCUT2D eigenvalue weighted by Crippen LogP contribution is -2.03. The molecule has 4 nitrogen and oxygen atoms in total. The molecule has 0 radical (unpaired) electrons. The third-order valence-electron chi connectivity index (χ3n) is 4.15. The summed E-state index contributed by atoms with van der Waals surface area (Å²) < 4.78 is 7.75. The Labute approximate surface area is 133 Å². The molecule has 0 amide bonds. The van der Waals surface area contributed by atoms with Gasteiger partial charge in [-0.2, -0.15) is 0 Å². The van der Waals surface area contributed by atoms with Gasteiger partial charge < -0.3 is 14.3 Å². The topological polar surface area (TPSA) is 43.0 Å². The van der Waals surface area contributed by atoms with E-state index in [2.05, 4.69) is 35.2 Å². The molecule has 0 unspecified atom stereocenters. The van der Waals surface area contributed by atoms with Gasteiger partial charge in [0.25, 0.3) is 0 Å². The maximum atomic E-state index is 5.47. The number of nitrogens with zero attached hydrogens (tertiary/aromatic N) is 2. The summed E-state index contributed by atoms with van der Waals surface area (Å²) in [5, 5.41) is 6.65. The van der Waals surface area contributed by atoms with E-state index in [0.29, 0.717) is 6.04 Å². The number of furan rings is 1. The standard InChI is InChI=1S/C17H19N3OS/c1-11-8-15(12(2)20(11)9-14-4-3-7-21-14)16-10-22-17(19-16)18-13-5-6-13/h3-4,7-8,10,13H,5-6,9H2,1-2H3,(H,18,19). The van der Waals surface area contributed by atoms with E-state index in [1.165, 1.54) is 29.8 Å². The van der Waals surface area contributed by atoms with Crippen LogP contribution in [-0.4, -0.2) is 15.6 Å². The fourth-order valence-corrected chi connectivity index (χ4v) is 3.52. The fourth-order valence-electron chi connectivity index (χ4n) is 2.73. The lowest BCUT2D eigenvalue weighted by molar-refractivity contribution is 0.489. The average Bonchev–Trinajstić information content (AvgIpc) is 2.90. The number of thiazole rings is 1. The molecule has 0 atom stereocenters. The molecule has 1 N–H and O–H groups in total. The van der Waals surface area contributed by atoms with Crippen LogP contribution in [0.1, 0.15) is 30.0 Å². The number of hydrogen-bond acceptors (Lipinski definition) is 4. The van der Waals surface area contributed by atoms with Gasteiger partial charge in [-0.1, -0.05) is 0 Å². The van der Waals surface area contributed by atoms with Crippen LogP contribution >= 0.6 is 11.3 Å². The van der Waals surface area contributed by atoms with Gasteiger partial charge in [0.15, 0.2) is 5.13 Å². The molecule has 1 aliphatic rings. The first kappa shape index (κ1) is 13.6. The van der Waals surface area contributed by atoms with E-state index >= 15 is 0 Å². The molecular formula is C17H19N3OS. The molecule has 0 bridgehead atoms. The molecule has 4 rings (SSSR count). The minimum Gasteiger partial charge on any atom is -0.467 e. The van der Waals surface area contributed by atoms with Gasteiger partial charge >= 0.3 is 0 Å². The highest BCUT2D eigenvalue weighted by Gasteiger charge is 2.22. The van der Waals surface area contributed by atoms with Crippen molar-refractivity contribution in [2.75, 3.05) is 5.32 Å². The predicted octanol–water partition coefficient (Wildman–Crippen LogP) is 4.44. The maximum Gasteiger partial charge on any atom is 0.183 e. The Morgan fingerprint density at radius 2 is 2.27 bits per heavy atom. The fraction of sp³-hybridized carbons (Fsp3) is 0.353. The lowest BCUT2D eigenvalue weighted by atomic mass is 10.2. The third-order valence-corrected chi connectivity index (χ3v) is 4.93. The second-order valence-electron chi connectivity index (χ2n) is 5.91. The van der Waals surface area contributed by atoms with Gasteiger partial charge in [0, 0.05) is 28.4 Å². The van der Waals surface area contributed by atoms with Crippen molar-refractivity contribution >= 4 is 16.5 Å². The first-order valence-corrected chi connectivity index (χ1v) is 8.50. The zero-order valence-electron chi connectivity index (χ0n) is 12.8. The molecule has 1 fully saturated rings. The van der Waals surface area contributed by atoms with Crippen LogP contribution in [0.15, 0.2) is 34.3 Å². The van der Waals surface area contributed by atoms with Gasteiger partial charge in [0.2, 0.25) is 0 Å². The highest BCUT2D eigenvalue weighted by atomic mass is 32.1. The van der Waals surface area contributed by atoms with Crippen molar-refractivity contribution in [3.63, 3.8) is 0 Å². The Hall–Kier alpha value is -2.01. The zero-order valence-corrected chi connectivity index (χ0v) is 13.6. The quantitative estimate of drug-likeness (QED) is 0.757. The molecule has 0 spiro atoms. The molecule has 3 aromatic rings. The number of aryl methyl sites for hydroxylation is 1. The zero-order chi connectivity index (χ0) is 15.1. The summed E-state index contributed by atoms with van der Waals surface area (Å²) in [6, 6.07) is 6.80. The van der Waals surface area contributed by atoms with Gasteiger partial charge in [0.1, 0.15) is 5.76 Å². The minimum absolute atomic E-state index is 0.644. The summed E-state index contributed by atoms with van der Waals surface area (Å²) in [6.07, 6.45) is 4.26. The van der Waals surface area contributed by atoms with Gasteiger partial charge in [-0.05, 0) is 44.9 Å². The molecular weight excluding hydrogens is 294 g/mol. The van der Waals surface area contributed by atoms with E-state index < -0.39 is 0 Å². The van der Waals surface area contributed by atoms with E-state index in [4.69, 9.17) is 9.40 Å². The highest BCUT2D eigenvalue weighted by molar-refractivity contribution is 7.14. The monoisotopic (exact) mass is 313 g/mol. The number of nitrogens with one attached hydrogen (secondary N) is 1. The summed E-state index contributed by atoms with van der Waals surface area (Å²) in [5.74, 6) is 0.975. The lowest BCUT2D eigenvalue weighted by Gasteiger charge is -2.07. The molecule has 3 heterocycles. The minimum atomic E-state index is 0.644. The summed E-state index contributed by atoms with van der Waals surface area (Å²) in [7, 11) is 0. The second-order valence-corrected chi connectivity index (χ2v) is 6.76. The largest absolute Gasteiger partial charge is 0.467 e. The molecule has 0 aliphatic heterocycles. The molecule has 1 aliphatic carbocycles.